The number of carbonyl (C=O) groups excluding carboxylic acids is 1. The molecule has 5 nitrogen and oxygen atoms in total. The molecule has 0 aliphatic carbocycles. The molecule has 3 N–H and O–H groups in total. The molecule has 23 heavy (non-hydrogen) atoms. The average Bonchev–Trinajstić information content (AvgIpc) is 2.43. The van der Waals surface area contributed by atoms with Gasteiger partial charge in [-0.2, -0.15) is 0 Å². The van der Waals surface area contributed by atoms with Crippen LogP contribution in [0.25, 0.3) is 0 Å². The quantitative estimate of drug-likeness (QED) is 0.765. The number of nitrogens with one attached hydrogen (secondary N) is 3. The Hall–Kier alpha value is -2.27. The second-order valence-electron chi connectivity index (χ2n) is 5.75. The van der Waals surface area contributed by atoms with Gasteiger partial charge in [0, 0.05) is 6.04 Å². The number of carbonyl (C=O) groups is 1. The number of nitrogens with zero attached hydrogens (tertiary/aromatic N) is 1. The number of hydrogen-bond donors (Lipinski definition) is 3. The van der Waals surface area contributed by atoms with Crippen molar-refractivity contribution in [1.82, 2.24) is 10.3 Å². The SMILES string of the molecule is Cc1cc(C)c(Nc2ccc(NC(=O)NC(C)C)nc2)c(Cl)c1. The molecule has 0 aliphatic rings. The van der Waals surface area contributed by atoms with E-state index in [9.17, 15) is 4.79 Å². The minimum absolute atomic E-state index is 0.0718. The molecule has 0 atom stereocenters. The molecule has 2 aromatic rings. The van der Waals surface area contributed by atoms with E-state index in [1.54, 1.807) is 12.3 Å². The van der Waals surface area contributed by atoms with Gasteiger partial charge in [0.25, 0.3) is 0 Å². The van der Waals surface area contributed by atoms with E-state index in [0.717, 1.165) is 22.5 Å². The van der Waals surface area contributed by atoms with Crippen LogP contribution in [0.5, 0.6) is 0 Å². The molecule has 0 saturated carbocycles. The Balaban J connectivity index is 2.07. The van der Waals surface area contributed by atoms with Crippen LogP contribution in [0.4, 0.5) is 22.0 Å². The lowest BCUT2D eigenvalue weighted by Gasteiger charge is -2.13. The summed E-state index contributed by atoms with van der Waals surface area (Å²) in [7, 11) is 0. The van der Waals surface area contributed by atoms with Gasteiger partial charge in [-0.3, -0.25) is 5.32 Å². The third-order valence-electron chi connectivity index (χ3n) is 3.13. The predicted molar refractivity (Wildman–Crippen MR) is 95.7 cm³/mol. The maximum Gasteiger partial charge on any atom is 0.320 e. The summed E-state index contributed by atoms with van der Waals surface area (Å²) in [4.78, 5) is 15.8. The molecule has 122 valence electrons. The summed E-state index contributed by atoms with van der Waals surface area (Å²) < 4.78 is 0. The maximum absolute atomic E-state index is 11.6. The number of rotatable bonds is 4. The summed E-state index contributed by atoms with van der Waals surface area (Å²) in [6, 6.07) is 7.35. The van der Waals surface area contributed by atoms with Gasteiger partial charge in [0.05, 0.1) is 22.6 Å². The second-order valence-corrected chi connectivity index (χ2v) is 6.16. The van der Waals surface area contributed by atoms with Crippen LogP contribution in [-0.2, 0) is 0 Å². The summed E-state index contributed by atoms with van der Waals surface area (Å²) in [5, 5.41) is 9.35. The molecule has 2 rings (SSSR count). The highest BCUT2D eigenvalue weighted by molar-refractivity contribution is 6.33. The smallest absolute Gasteiger partial charge is 0.320 e. The fraction of sp³-hybridized carbons (Fsp3) is 0.294. The number of urea groups is 1. The first kappa shape index (κ1) is 17.1. The van der Waals surface area contributed by atoms with E-state index >= 15 is 0 Å². The molecular formula is C17H21ClN4O. The van der Waals surface area contributed by atoms with E-state index in [1.807, 2.05) is 39.8 Å². The van der Waals surface area contributed by atoms with Gasteiger partial charge in [0.1, 0.15) is 5.82 Å². The summed E-state index contributed by atoms with van der Waals surface area (Å²) in [6.07, 6.45) is 1.65. The molecule has 0 radical (unpaired) electrons. The van der Waals surface area contributed by atoms with Gasteiger partial charge in [0.2, 0.25) is 0 Å². The van der Waals surface area contributed by atoms with E-state index in [2.05, 4.69) is 27.0 Å². The van der Waals surface area contributed by atoms with Gasteiger partial charge < -0.3 is 10.6 Å². The van der Waals surface area contributed by atoms with Crippen LogP contribution in [0.1, 0.15) is 25.0 Å². The van der Waals surface area contributed by atoms with Crippen molar-refractivity contribution >= 4 is 34.8 Å². The normalized spacial score (nSPS) is 10.5. The van der Waals surface area contributed by atoms with Crippen LogP contribution >= 0.6 is 11.6 Å². The molecule has 0 saturated heterocycles. The number of pyridine rings is 1. The van der Waals surface area contributed by atoms with Gasteiger partial charge in [-0.05, 0) is 57.0 Å². The largest absolute Gasteiger partial charge is 0.353 e. The zero-order chi connectivity index (χ0) is 17.0. The van der Waals surface area contributed by atoms with Crippen molar-refractivity contribution in [3.63, 3.8) is 0 Å². The van der Waals surface area contributed by atoms with Crippen molar-refractivity contribution in [3.05, 3.63) is 46.6 Å². The molecular weight excluding hydrogens is 312 g/mol. The van der Waals surface area contributed by atoms with Crippen LogP contribution < -0.4 is 16.0 Å². The summed E-state index contributed by atoms with van der Waals surface area (Å²) in [6.45, 7) is 7.80. The highest BCUT2D eigenvalue weighted by Crippen LogP contribution is 2.30. The Labute approximate surface area is 141 Å². The topological polar surface area (TPSA) is 66.0 Å². The van der Waals surface area contributed by atoms with Crippen LogP contribution in [-0.4, -0.2) is 17.1 Å². The summed E-state index contributed by atoms with van der Waals surface area (Å²) >= 11 is 6.29. The first-order valence-electron chi connectivity index (χ1n) is 7.42. The highest BCUT2D eigenvalue weighted by Gasteiger charge is 2.07. The molecule has 0 spiro atoms. The Morgan fingerprint density at radius 1 is 1.22 bits per heavy atom. The zero-order valence-electron chi connectivity index (χ0n) is 13.7. The fourth-order valence-electron chi connectivity index (χ4n) is 2.17. The fourth-order valence-corrected chi connectivity index (χ4v) is 2.54. The van der Waals surface area contributed by atoms with Crippen molar-refractivity contribution in [2.45, 2.75) is 33.7 Å². The summed E-state index contributed by atoms with van der Waals surface area (Å²) in [5.41, 5.74) is 3.84. The standard InChI is InChI=1S/C17H21ClN4O/c1-10(2)20-17(23)22-15-6-5-13(9-19-15)21-16-12(4)7-11(3)8-14(16)18/h5-10,21H,1-4H3,(H2,19,20,22,23). The van der Waals surface area contributed by atoms with Crippen molar-refractivity contribution in [2.24, 2.45) is 0 Å². The van der Waals surface area contributed by atoms with Crippen molar-refractivity contribution < 1.29 is 4.79 Å². The molecule has 0 aliphatic heterocycles. The van der Waals surface area contributed by atoms with Crippen LogP contribution in [0, 0.1) is 13.8 Å². The van der Waals surface area contributed by atoms with Crippen LogP contribution in [0.2, 0.25) is 5.02 Å². The minimum Gasteiger partial charge on any atom is -0.353 e. The number of hydrogen-bond acceptors (Lipinski definition) is 3. The second kappa shape index (κ2) is 7.33. The molecule has 2 amide bonds. The van der Waals surface area contributed by atoms with Gasteiger partial charge in [-0.1, -0.05) is 17.7 Å². The van der Waals surface area contributed by atoms with Crippen LogP contribution in [0.3, 0.4) is 0 Å². The number of aryl methyl sites for hydroxylation is 2. The Kier molecular flexibility index (Phi) is 5.45. The Morgan fingerprint density at radius 3 is 2.52 bits per heavy atom. The van der Waals surface area contributed by atoms with E-state index in [4.69, 9.17) is 11.6 Å². The lowest BCUT2D eigenvalue weighted by molar-refractivity contribution is 0.250. The van der Waals surface area contributed by atoms with Gasteiger partial charge in [0.15, 0.2) is 0 Å². The monoisotopic (exact) mass is 332 g/mol. The van der Waals surface area contributed by atoms with Crippen molar-refractivity contribution in [2.75, 3.05) is 10.6 Å². The summed E-state index contributed by atoms with van der Waals surface area (Å²) in [5.74, 6) is 0.487. The lowest BCUT2D eigenvalue weighted by atomic mass is 10.1. The number of halogens is 1. The molecule has 1 aromatic carbocycles. The van der Waals surface area contributed by atoms with Gasteiger partial charge in [-0.15, -0.1) is 0 Å². The van der Waals surface area contributed by atoms with E-state index in [1.165, 1.54) is 0 Å². The molecule has 1 heterocycles. The highest BCUT2D eigenvalue weighted by atomic mass is 35.5. The number of aromatic nitrogens is 1. The third kappa shape index (κ3) is 4.86. The number of amides is 2. The lowest BCUT2D eigenvalue weighted by Crippen LogP contribution is -2.34. The zero-order valence-corrected chi connectivity index (χ0v) is 14.5. The number of benzene rings is 1. The number of anilines is 3. The third-order valence-corrected chi connectivity index (χ3v) is 3.42. The van der Waals surface area contributed by atoms with Gasteiger partial charge >= 0.3 is 6.03 Å². The first-order valence-corrected chi connectivity index (χ1v) is 7.80. The first-order chi connectivity index (χ1) is 10.8. The maximum atomic E-state index is 11.6. The molecule has 0 bridgehead atoms. The molecule has 1 aromatic heterocycles. The van der Waals surface area contributed by atoms with Crippen LogP contribution in [0.15, 0.2) is 30.5 Å². The van der Waals surface area contributed by atoms with Crippen molar-refractivity contribution in [3.8, 4) is 0 Å². The molecule has 6 heteroatoms. The van der Waals surface area contributed by atoms with Gasteiger partial charge in [-0.25, -0.2) is 9.78 Å². The Bertz CT molecular complexity index is 675. The molecule has 0 fully saturated rings. The Morgan fingerprint density at radius 2 is 1.96 bits per heavy atom. The predicted octanol–water partition coefficient (Wildman–Crippen LogP) is 4.63. The minimum atomic E-state index is -0.273. The van der Waals surface area contributed by atoms with Crippen molar-refractivity contribution in [1.29, 1.82) is 0 Å². The van der Waals surface area contributed by atoms with E-state index < -0.39 is 0 Å². The average molecular weight is 333 g/mol. The molecule has 0 unspecified atom stereocenters. The van der Waals surface area contributed by atoms with E-state index in [-0.39, 0.29) is 12.1 Å². The van der Waals surface area contributed by atoms with E-state index in [0.29, 0.717) is 10.8 Å².